The van der Waals surface area contributed by atoms with Crippen LogP contribution in [-0.2, 0) is 11.3 Å². The van der Waals surface area contributed by atoms with Gasteiger partial charge in [-0.25, -0.2) is 4.98 Å². The van der Waals surface area contributed by atoms with Crippen LogP contribution in [-0.4, -0.2) is 31.4 Å². The predicted octanol–water partition coefficient (Wildman–Crippen LogP) is 1.62. The van der Waals surface area contributed by atoms with Crippen molar-refractivity contribution in [3.8, 4) is 10.7 Å². The quantitative estimate of drug-likeness (QED) is 0.790. The van der Waals surface area contributed by atoms with Crippen LogP contribution >= 0.6 is 22.7 Å². The van der Waals surface area contributed by atoms with Crippen LogP contribution in [0.2, 0.25) is 0 Å². The van der Waals surface area contributed by atoms with Gasteiger partial charge in [0.2, 0.25) is 4.96 Å². The van der Waals surface area contributed by atoms with E-state index in [-0.39, 0.29) is 6.10 Å². The van der Waals surface area contributed by atoms with Gasteiger partial charge in [-0.05, 0) is 12.8 Å². The van der Waals surface area contributed by atoms with Crippen molar-refractivity contribution in [3.63, 3.8) is 0 Å². The summed E-state index contributed by atoms with van der Waals surface area (Å²) >= 11 is 3.03. The van der Waals surface area contributed by atoms with Gasteiger partial charge in [-0.15, -0.1) is 21.5 Å². The van der Waals surface area contributed by atoms with Crippen molar-refractivity contribution in [1.82, 2.24) is 24.8 Å². The second kappa shape index (κ2) is 4.85. The lowest BCUT2D eigenvalue weighted by molar-refractivity contribution is 0.103. The molecule has 0 bridgehead atoms. The molecular weight excluding hydrogens is 296 g/mol. The Balaban J connectivity index is 1.75. The highest BCUT2D eigenvalue weighted by Gasteiger charge is 2.25. The summed E-state index contributed by atoms with van der Waals surface area (Å²) in [7, 11) is 0. The molecule has 0 aromatic carbocycles. The number of ether oxygens (including phenoxy) is 1. The summed E-state index contributed by atoms with van der Waals surface area (Å²) in [5, 5.41) is 16.7. The molecule has 4 rings (SSSR count). The van der Waals surface area contributed by atoms with Gasteiger partial charge < -0.3 is 10.5 Å². The topological polar surface area (TPSA) is 91.2 Å². The van der Waals surface area contributed by atoms with Crippen molar-refractivity contribution in [2.24, 2.45) is 5.73 Å². The van der Waals surface area contributed by atoms with Crippen molar-refractivity contribution in [3.05, 3.63) is 16.2 Å². The molecule has 0 saturated carbocycles. The zero-order valence-corrected chi connectivity index (χ0v) is 12.2. The molecular formula is C11H12N6OS2. The van der Waals surface area contributed by atoms with Crippen LogP contribution in [0.4, 0.5) is 0 Å². The van der Waals surface area contributed by atoms with Gasteiger partial charge in [-0.3, -0.25) is 0 Å². The van der Waals surface area contributed by atoms with Crippen molar-refractivity contribution >= 4 is 27.6 Å². The summed E-state index contributed by atoms with van der Waals surface area (Å²) in [6.45, 7) is 1.23. The van der Waals surface area contributed by atoms with Gasteiger partial charge in [0, 0.05) is 18.5 Å². The first-order valence-corrected chi connectivity index (χ1v) is 8.03. The Labute approximate surface area is 122 Å². The number of fused-ring (bicyclic) bond motifs is 1. The molecule has 20 heavy (non-hydrogen) atoms. The molecule has 7 nitrogen and oxygen atoms in total. The molecule has 1 aliphatic heterocycles. The first-order valence-electron chi connectivity index (χ1n) is 6.34. The maximum Gasteiger partial charge on any atom is 0.235 e. The third-order valence-corrected chi connectivity index (χ3v) is 4.97. The lowest BCUT2D eigenvalue weighted by Crippen LogP contribution is -2.03. The zero-order valence-electron chi connectivity index (χ0n) is 10.5. The molecule has 0 spiro atoms. The SMILES string of the molecule is NCc1nc(-c2nn3c(C4CCCO4)nnc3s2)cs1. The largest absolute Gasteiger partial charge is 0.370 e. The summed E-state index contributed by atoms with van der Waals surface area (Å²) in [6.07, 6.45) is 2.04. The number of hydrogen-bond acceptors (Lipinski definition) is 8. The fourth-order valence-electron chi connectivity index (χ4n) is 2.22. The highest BCUT2D eigenvalue weighted by Crippen LogP contribution is 2.31. The number of rotatable bonds is 3. The second-order valence-corrected chi connectivity index (χ2v) is 6.39. The maximum absolute atomic E-state index is 5.65. The normalized spacial score (nSPS) is 19.1. The summed E-state index contributed by atoms with van der Waals surface area (Å²) in [4.78, 5) is 5.22. The maximum atomic E-state index is 5.65. The highest BCUT2D eigenvalue weighted by molar-refractivity contribution is 7.20. The summed E-state index contributed by atoms with van der Waals surface area (Å²) in [5.74, 6) is 0.786. The molecule has 3 aromatic heterocycles. The fourth-order valence-corrected chi connectivity index (χ4v) is 3.76. The average molecular weight is 308 g/mol. The zero-order chi connectivity index (χ0) is 13.5. The van der Waals surface area contributed by atoms with Crippen LogP contribution in [0.3, 0.4) is 0 Å². The van der Waals surface area contributed by atoms with E-state index in [0.29, 0.717) is 6.54 Å². The molecule has 4 heterocycles. The molecule has 3 aromatic rings. The minimum Gasteiger partial charge on any atom is -0.370 e. The van der Waals surface area contributed by atoms with Crippen LogP contribution in [0.5, 0.6) is 0 Å². The summed E-state index contributed by atoms with van der Waals surface area (Å²) < 4.78 is 7.43. The van der Waals surface area contributed by atoms with Crippen LogP contribution in [0, 0.1) is 0 Å². The third-order valence-electron chi connectivity index (χ3n) is 3.18. The summed E-state index contributed by atoms with van der Waals surface area (Å²) in [6, 6.07) is 0. The Morgan fingerprint density at radius 3 is 3.15 bits per heavy atom. The molecule has 0 aliphatic carbocycles. The van der Waals surface area contributed by atoms with E-state index in [1.165, 1.54) is 11.3 Å². The van der Waals surface area contributed by atoms with E-state index in [1.54, 1.807) is 15.9 Å². The number of nitrogens with zero attached hydrogens (tertiary/aromatic N) is 5. The summed E-state index contributed by atoms with van der Waals surface area (Å²) in [5.41, 5.74) is 6.44. The lowest BCUT2D eigenvalue weighted by atomic mass is 10.2. The van der Waals surface area contributed by atoms with Gasteiger partial charge in [-0.2, -0.15) is 9.61 Å². The van der Waals surface area contributed by atoms with E-state index in [4.69, 9.17) is 10.5 Å². The molecule has 0 amide bonds. The van der Waals surface area contributed by atoms with Crippen LogP contribution in [0.15, 0.2) is 5.38 Å². The molecule has 0 radical (unpaired) electrons. The Morgan fingerprint density at radius 2 is 2.40 bits per heavy atom. The first kappa shape index (κ1) is 12.3. The standard InChI is InChI=1S/C11H12N6OS2/c12-4-8-13-6(5-19-8)10-16-17-9(7-2-1-3-18-7)14-15-11(17)20-10/h5,7H,1-4,12H2. The molecule has 9 heteroatoms. The van der Waals surface area contributed by atoms with Crippen LogP contribution < -0.4 is 5.73 Å². The number of hydrogen-bond donors (Lipinski definition) is 1. The lowest BCUT2D eigenvalue weighted by Gasteiger charge is -2.03. The molecule has 1 aliphatic rings. The van der Waals surface area contributed by atoms with E-state index in [9.17, 15) is 0 Å². The minimum atomic E-state index is 0.00925. The Hall–Kier alpha value is -1.42. The van der Waals surface area contributed by atoms with E-state index in [1.807, 2.05) is 5.38 Å². The molecule has 2 N–H and O–H groups in total. The van der Waals surface area contributed by atoms with E-state index in [0.717, 1.165) is 45.9 Å². The molecule has 104 valence electrons. The fraction of sp³-hybridized carbons (Fsp3) is 0.455. The molecule has 1 unspecified atom stereocenters. The van der Waals surface area contributed by atoms with Gasteiger partial charge in [-0.1, -0.05) is 11.3 Å². The van der Waals surface area contributed by atoms with Gasteiger partial charge in [0.25, 0.3) is 0 Å². The third kappa shape index (κ3) is 1.94. The van der Waals surface area contributed by atoms with E-state index >= 15 is 0 Å². The van der Waals surface area contributed by atoms with E-state index < -0.39 is 0 Å². The van der Waals surface area contributed by atoms with Crippen LogP contribution in [0.25, 0.3) is 15.7 Å². The molecule has 1 saturated heterocycles. The van der Waals surface area contributed by atoms with Crippen LogP contribution in [0.1, 0.15) is 29.8 Å². The van der Waals surface area contributed by atoms with Crippen molar-refractivity contribution in [2.75, 3.05) is 6.61 Å². The highest BCUT2D eigenvalue weighted by atomic mass is 32.1. The Kier molecular flexibility index (Phi) is 2.99. The number of nitrogens with two attached hydrogens (primary N) is 1. The van der Waals surface area contributed by atoms with Gasteiger partial charge in [0.15, 0.2) is 10.8 Å². The van der Waals surface area contributed by atoms with Crippen molar-refractivity contribution < 1.29 is 4.74 Å². The smallest absolute Gasteiger partial charge is 0.235 e. The van der Waals surface area contributed by atoms with Gasteiger partial charge >= 0.3 is 0 Å². The minimum absolute atomic E-state index is 0.00925. The van der Waals surface area contributed by atoms with Gasteiger partial charge in [0.1, 0.15) is 16.8 Å². The predicted molar refractivity (Wildman–Crippen MR) is 75.6 cm³/mol. The van der Waals surface area contributed by atoms with E-state index in [2.05, 4.69) is 20.3 Å². The monoisotopic (exact) mass is 308 g/mol. The Bertz CT molecular complexity index is 741. The molecule has 1 atom stereocenters. The molecule has 1 fully saturated rings. The first-order chi connectivity index (χ1) is 9.85. The Morgan fingerprint density at radius 1 is 1.45 bits per heavy atom. The van der Waals surface area contributed by atoms with Crippen molar-refractivity contribution in [2.45, 2.75) is 25.5 Å². The number of thiazole rings is 1. The second-order valence-electron chi connectivity index (χ2n) is 4.49. The number of aromatic nitrogens is 5. The van der Waals surface area contributed by atoms with Crippen molar-refractivity contribution in [1.29, 1.82) is 0 Å². The average Bonchev–Trinajstić information content (AvgIpc) is 3.20. The van der Waals surface area contributed by atoms with Gasteiger partial charge in [0.05, 0.1) is 0 Å².